The van der Waals surface area contributed by atoms with Gasteiger partial charge in [-0.05, 0) is 42.4 Å². The third-order valence-electron chi connectivity index (χ3n) is 8.00. The molecule has 6 heteroatoms. The highest BCUT2D eigenvalue weighted by Gasteiger charge is 2.29. The van der Waals surface area contributed by atoms with Crippen molar-refractivity contribution in [1.82, 2.24) is 19.6 Å². The summed E-state index contributed by atoms with van der Waals surface area (Å²) in [6.45, 7) is 8.43. The molecule has 0 unspecified atom stereocenters. The van der Waals surface area contributed by atoms with Gasteiger partial charge in [0.25, 0.3) is 0 Å². The SMILES string of the molecule is COc1ccccc1-n1nc(CN(CC(C)C)C(=O)CC2CCCC2)c2c1CCN(Cc1ccccc1)C2. The molecule has 1 saturated carbocycles. The summed E-state index contributed by atoms with van der Waals surface area (Å²) < 4.78 is 7.79. The maximum atomic E-state index is 13.6. The van der Waals surface area contributed by atoms with Gasteiger partial charge in [-0.25, -0.2) is 4.68 Å². The lowest BCUT2D eigenvalue weighted by Gasteiger charge is -2.29. The number of nitrogens with zero attached hydrogens (tertiary/aromatic N) is 4. The molecule has 2 heterocycles. The second kappa shape index (κ2) is 12.2. The Morgan fingerprint density at radius 1 is 1.08 bits per heavy atom. The van der Waals surface area contributed by atoms with E-state index in [2.05, 4.69) is 64.7 Å². The molecule has 0 bridgehead atoms. The number of para-hydroxylation sites is 2. The topological polar surface area (TPSA) is 50.6 Å². The van der Waals surface area contributed by atoms with Gasteiger partial charge < -0.3 is 9.64 Å². The fourth-order valence-corrected chi connectivity index (χ4v) is 6.12. The first-order valence-electron chi connectivity index (χ1n) is 14.3. The Morgan fingerprint density at radius 3 is 2.55 bits per heavy atom. The van der Waals surface area contributed by atoms with E-state index in [1.54, 1.807) is 7.11 Å². The fraction of sp³-hybridized carbons (Fsp3) is 0.500. The lowest BCUT2D eigenvalue weighted by molar-refractivity contribution is -0.133. The van der Waals surface area contributed by atoms with Gasteiger partial charge in [0.05, 0.1) is 25.0 Å². The minimum absolute atomic E-state index is 0.281. The first-order valence-corrected chi connectivity index (χ1v) is 14.3. The molecule has 3 aromatic rings. The van der Waals surface area contributed by atoms with Crippen LogP contribution in [0.4, 0.5) is 0 Å². The number of methoxy groups -OCH3 is 1. The zero-order chi connectivity index (χ0) is 26.5. The van der Waals surface area contributed by atoms with Crippen molar-refractivity contribution in [2.75, 3.05) is 20.2 Å². The van der Waals surface area contributed by atoms with Crippen molar-refractivity contribution in [2.45, 2.75) is 72.0 Å². The normalized spacial score (nSPS) is 16.1. The molecule has 5 rings (SSSR count). The molecular weight excluding hydrogens is 472 g/mol. The second-order valence-electron chi connectivity index (χ2n) is 11.4. The number of ether oxygens (including phenoxy) is 1. The van der Waals surface area contributed by atoms with Crippen molar-refractivity contribution < 1.29 is 9.53 Å². The quantitative estimate of drug-likeness (QED) is 0.333. The van der Waals surface area contributed by atoms with E-state index in [0.717, 1.165) is 49.7 Å². The number of carbonyl (C=O) groups excluding carboxylic acids is 1. The third-order valence-corrected chi connectivity index (χ3v) is 8.00. The number of hydrogen-bond acceptors (Lipinski definition) is 4. The summed E-state index contributed by atoms with van der Waals surface area (Å²) in [6, 6.07) is 18.8. The van der Waals surface area contributed by atoms with Gasteiger partial charge in [-0.2, -0.15) is 5.10 Å². The largest absolute Gasteiger partial charge is 0.494 e. The van der Waals surface area contributed by atoms with E-state index >= 15 is 0 Å². The summed E-state index contributed by atoms with van der Waals surface area (Å²) in [6.07, 6.45) is 6.48. The third kappa shape index (κ3) is 6.12. The van der Waals surface area contributed by atoms with Crippen LogP contribution in [-0.4, -0.2) is 45.7 Å². The Labute approximate surface area is 227 Å². The average molecular weight is 515 g/mol. The Bertz CT molecular complexity index is 1210. The summed E-state index contributed by atoms with van der Waals surface area (Å²) in [5.41, 5.74) is 5.80. The minimum Gasteiger partial charge on any atom is -0.494 e. The summed E-state index contributed by atoms with van der Waals surface area (Å²) in [4.78, 5) is 18.1. The molecule has 0 radical (unpaired) electrons. The molecule has 1 aromatic heterocycles. The van der Waals surface area contributed by atoms with Crippen molar-refractivity contribution >= 4 is 5.91 Å². The zero-order valence-corrected chi connectivity index (χ0v) is 23.2. The Morgan fingerprint density at radius 2 is 1.82 bits per heavy atom. The smallest absolute Gasteiger partial charge is 0.223 e. The van der Waals surface area contributed by atoms with Crippen LogP contribution in [0.5, 0.6) is 5.75 Å². The predicted octanol–water partition coefficient (Wildman–Crippen LogP) is 6.00. The number of benzene rings is 2. The van der Waals surface area contributed by atoms with Crippen LogP contribution in [0.1, 0.15) is 68.5 Å². The van der Waals surface area contributed by atoms with Crippen LogP contribution in [0.25, 0.3) is 5.69 Å². The van der Waals surface area contributed by atoms with Gasteiger partial charge in [-0.3, -0.25) is 9.69 Å². The van der Waals surface area contributed by atoms with Gasteiger partial charge in [0, 0.05) is 44.6 Å². The maximum absolute atomic E-state index is 13.6. The number of hydrogen-bond donors (Lipinski definition) is 0. The summed E-state index contributed by atoms with van der Waals surface area (Å²) >= 11 is 0. The summed E-state index contributed by atoms with van der Waals surface area (Å²) in [5, 5.41) is 5.19. The van der Waals surface area contributed by atoms with Gasteiger partial charge in [0.2, 0.25) is 5.91 Å². The van der Waals surface area contributed by atoms with E-state index in [4.69, 9.17) is 9.84 Å². The van der Waals surface area contributed by atoms with E-state index in [9.17, 15) is 4.79 Å². The van der Waals surface area contributed by atoms with Gasteiger partial charge >= 0.3 is 0 Å². The molecule has 2 aliphatic rings. The monoisotopic (exact) mass is 514 g/mol. The first kappa shape index (κ1) is 26.5. The number of amides is 1. The van der Waals surface area contributed by atoms with Crippen LogP contribution in [0.3, 0.4) is 0 Å². The zero-order valence-electron chi connectivity index (χ0n) is 23.2. The Kier molecular flexibility index (Phi) is 8.48. The van der Waals surface area contributed by atoms with Crippen LogP contribution in [-0.2, 0) is 30.8 Å². The van der Waals surface area contributed by atoms with Crippen LogP contribution >= 0.6 is 0 Å². The first-order chi connectivity index (χ1) is 18.5. The molecule has 0 spiro atoms. The molecule has 0 N–H and O–H groups in total. The van der Waals surface area contributed by atoms with Crippen molar-refractivity contribution in [3.8, 4) is 11.4 Å². The maximum Gasteiger partial charge on any atom is 0.223 e. The standard InChI is InChI=1S/C32H42N4O2/c1-24(2)20-35(32(37)19-25-11-7-8-12-25)23-28-27-22-34(21-26-13-5-4-6-14-26)18-17-29(27)36(33-28)30-15-9-10-16-31(30)38-3/h4-6,9-10,13-16,24-25H,7-8,11-12,17-23H2,1-3H3. The van der Waals surface area contributed by atoms with Crippen LogP contribution in [0, 0.1) is 11.8 Å². The fourth-order valence-electron chi connectivity index (χ4n) is 6.12. The Balaban J connectivity index is 1.47. The highest BCUT2D eigenvalue weighted by Crippen LogP contribution is 2.32. The molecule has 202 valence electrons. The molecule has 1 fully saturated rings. The van der Waals surface area contributed by atoms with E-state index in [1.807, 2.05) is 18.2 Å². The van der Waals surface area contributed by atoms with E-state index in [0.29, 0.717) is 24.8 Å². The highest BCUT2D eigenvalue weighted by molar-refractivity contribution is 5.76. The number of carbonyl (C=O) groups is 1. The second-order valence-corrected chi connectivity index (χ2v) is 11.4. The molecule has 0 saturated heterocycles. The van der Waals surface area contributed by atoms with Crippen LogP contribution in [0.15, 0.2) is 54.6 Å². The summed E-state index contributed by atoms with van der Waals surface area (Å²) in [5.74, 6) is 2.04. The molecule has 6 nitrogen and oxygen atoms in total. The molecular formula is C32H42N4O2. The Hall–Kier alpha value is -3.12. The molecule has 1 aliphatic heterocycles. The highest BCUT2D eigenvalue weighted by atomic mass is 16.5. The van der Waals surface area contributed by atoms with E-state index < -0.39 is 0 Å². The van der Waals surface area contributed by atoms with Gasteiger partial charge in [-0.1, -0.05) is 69.2 Å². The molecule has 1 aliphatic carbocycles. The van der Waals surface area contributed by atoms with Crippen molar-refractivity contribution in [2.24, 2.45) is 11.8 Å². The molecule has 38 heavy (non-hydrogen) atoms. The van der Waals surface area contributed by atoms with Crippen molar-refractivity contribution in [3.63, 3.8) is 0 Å². The van der Waals surface area contributed by atoms with Gasteiger partial charge in [0.1, 0.15) is 11.4 Å². The minimum atomic E-state index is 0.281. The van der Waals surface area contributed by atoms with Crippen molar-refractivity contribution in [3.05, 3.63) is 77.1 Å². The number of rotatable bonds is 10. The average Bonchev–Trinajstić information content (AvgIpc) is 3.56. The number of fused-ring (bicyclic) bond motifs is 1. The van der Waals surface area contributed by atoms with E-state index in [-0.39, 0.29) is 5.91 Å². The summed E-state index contributed by atoms with van der Waals surface area (Å²) in [7, 11) is 1.71. The van der Waals surface area contributed by atoms with Gasteiger partial charge in [0.15, 0.2) is 0 Å². The van der Waals surface area contributed by atoms with Gasteiger partial charge in [-0.15, -0.1) is 0 Å². The number of aromatic nitrogens is 2. The molecule has 2 aromatic carbocycles. The van der Waals surface area contributed by atoms with Crippen molar-refractivity contribution in [1.29, 1.82) is 0 Å². The van der Waals surface area contributed by atoms with Crippen LogP contribution < -0.4 is 4.74 Å². The predicted molar refractivity (Wildman–Crippen MR) is 151 cm³/mol. The lowest BCUT2D eigenvalue weighted by atomic mass is 10.0. The molecule has 0 atom stereocenters. The lowest BCUT2D eigenvalue weighted by Crippen LogP contribution is -2.36. The molecule has 1 amide bonds. The van der Waals surface area contributed by atoms with E-state index in [1.165, 1.54) is 42.5 Å². The van der Waals surface area contributed by atoms with Crippen LogP contribution in [0.2, 0.25) is 0 Å².